The van der Waals surface area contributed by atoms with Gasteiger partial charge in [-0.1, -0.05) is 32.6 Å². The molecule has 2 rings (SSSR count). The highest BCUT2D eigenvalue weighted by Crippen LogP contribution is 2.24. The van der Waals surface area contributed by atoms with Crippen molar-refractivity contribution in [1.29, 1.82) is 0 Å². The quantitative estimate of drug-likeness (QED) is 0.271. The molecule has 28 heavy (non-hydrogen) atoms. The molecule has 2 aromatic heterocycles. The van der Waals surface area contributed by atoms with Crippen LogP contribution in [-0.4, -0.2) is 15.9 Å². The van der Waals surface area contributed by atoms with Crippen molar-refractivity contribution in [2.24, 2.45) is 0 Å². The number of pyridine rings is 2. The molecule has 0 unspecified atom stereocenters. The van der Waals surface area contributed by atoms with Crippen molar-refractivity contribution >= 4 is 8.38 Å². The maximum Gasteiger partial charge on any atom is 0.169 e. The van der Waals surface area contributed by atoms with E-state index in [0.29, 0.717) is 6.16 Å². The summed E-state index contributed by atoms with van der Waals surface area (Å²) in [4.78, 5) is 17.8. The molecule has 0 aliphatic heterocycles. The summed E-state index contributed by atoms with van der Waals surface area (Å²) in [6.07, 6.45) is 20.0. The van der Waals surface area contributed by atoms with Crippen LogP contribution in [0.4, 0.5) is 0 Å². The van der Waals surface area contributed by atoms with Gasteiger partial charge in [-0.3, -0.25) is 0 Å². The molecule has 0 saturated carbocycles. The summed E-state index contributed by atoms with van der Waals surface area (Å²) in [6, 6.07) is 8.84. The molecule has 5 heteroatoms. The normalized spacial score (nSPS) is 11.3. The van der Waals surface area contributed by atoms with Crippen molar-refractivity contribution in [3.63, 3.8) is 0 Å². The number of aromatic nitrogens is 2. The second-order valence-electron chi connectivity index (χ2n) is 7.57. The number of hydrogen-bond donors (Lipinski definition) is 2. The summed E-state index contributed by atoms with van der Waals surface area (Å²) < 4.78 is 4.54. The lowest BCUT2D eigenvalue weighted by Gasteiger charge is -2.03. The zero-order valence-corrected chi connectivity index (χ0v) is 18.2. The molecule has 0 atom stereocenters. The Balaban J connectivity index is 1.67. The van der Waals surface area contributed by atoms with Crippen LogP contribution in [0.1, 0.15) is 64.7 Å². The number of aryl methyl sites for hydroxylation is 2. The van der Waals surface area contributed by atoms with Crippen molar-refractivity contribution < 1.29 is 18.9 Å². The van der Waals surface area contributed by atoms with Crippen LogP contribution in [0.3, 0.4) is 0 Å². The van der Waals surface area contributed by atoms with Gasteiger partial charge in [0.25, 0.3) is 0 Å². The summed E-state index contributed by atoms with van der Waals surface area (Å²) in [5.41, 5.74) is 2.54. The van der Waals surface area contributed by atoms with Gasteiger partial charge in [-0.15, -0.1) is 0 Å². The van der Waals surface area contributed by atoms with E-state index in [-0.39, 0.29) is 0 Å². The number of nitrogens with zero attached hydrogens (tertiary/aromatic N) is 2. The Hall–Kier alpha value is -1.35. The minimum absolute atomic E-state index is 0.567. The first-order valence-electron chi connectivity index (χ1n) is 10.8. The van der Waals surface area contributed by atoms with Crippen LogP contribution in [0.15, 0.2) is 49.1 Å². The van der Waals surface area contributed by atoms with E-state index in [0.717, 1.165) is 25.9 Å². The van der Waals surface area contributed by atoms with Crippen LogP contribution in [0, 0.1) is 0 Å². The van der Waals surface area contributed by atoms with Crippen LogP contribution < -0.4 is 9.13 Å². The highest BCUT2D eigenvalue weighted by Gasteiger charge is 2.06. The van der Waals surface area contributed by atoms with E-state index in [1.165, 1.54) is 56.1 Å². The third kappa shape index (κ3) is 9.23. The average molecular weight is 405 g/mol. The highest BCUT2D eigenvalue weighted by atomic mass is 31.2. The van der Waals surface area contributed by atoms with Gasteiger partial charge in [-0.2, -0.15) is 0 Å². The zero-order valence-electron chi connectivity index (χ0n) is 17.3. The monoisotopic (exact) mass is 404 g/mol. The fraction of sp³-hybridized carbons (Fsp3) is 0.565. The van der Waals surface area contributed by atoms with E-state index in [1.807, 2.05) is 0 Å². The van der Waals surface area contributed by atoms with Crippen LogP contribution in [0.5, 0.6) is 0 Å². The number of hydrogen-bond acceptors (Lipinski definition) is 2. The van der Waals surface area contributed by atoms with Gasteiger partial charge in [0.2, 0.25) is 0 Å². The van der Waals surface area contributed by atoms with Gasteiger partial charge >= 0.3 is 0 Å². The molecule has 0 aromatic carbocycles. The molecule has 0 amide bonds. The van der Waals surface area contributed by atoms with Gasteiger partial charge in [0.15, 0.2) is 33.2 Å². The summed E-state index contributed by atoms with van der Waals surface area (Å²) in [6.45, 7) is 4.40. The van der Waals surface area contributed by atoms with E-state index in [4.69, 9.17) is 9.79 Å². The fourth-order valence-corrected chi connectivity index (χ4v) is 3.90. The third-order valence-electron chi connectivity index (χ3n) is 5.16. The number of rotatable bonds is 14. The van der Waals surface area contributed by atoms with Crippen LogP contribution in [0.2, 0.25) is 0 Å². The van der Waals surface area contributed by atoms with Crippen molar-refractivity contribution in [3.05, 3.63) is 49.1 Å². The minimum Gasteiger partial charge on any atom is -0.350 e. The molecule has 0 spiro atoms. The second-order valence-corrected chi connectivity index (χ2v) is 8.77. The molecule has 2 heterocycles. The van der Waals surface area contributed by atoms with E-state index in [1.54, 1.807) is 0 Å². The van der Waals surface area contributed by atoms with Gasteiger partial charge in [0, 0.05) is 43.3 Å². The first-order chi connectivity index (χ1) is 13.7. The Labute approximate surface area is 171 Å². The van der Waals surface area contributed by atoms with Crippen LogP contribution in [-0.2, 0) is 13.1 Å². The minimum atomic E-state index is -1.69. The lowest BCUT2D eigenvalue weighted by atomic mass is 10.1. The summed E-state index contributed by atoms with van der Waals surface area (Å²) in [7, 11) is -1.69. The van der Waals surface area contributed by atoms with Crippen molar-refractivity contribution in [2.45, 2.75) is 77.8 Å². The molecule has 154 valence electrons. The molecule has 0 aliphatic carbocycles. The Morgan fingerprint density at radius 1 is 0.643 bits per heavy atom. The van der Waals surface area contributed by atoms with Crippen molar-refractivity contribution in [1.82, 2.24) is 0 Å². The smallest absolute Gasteiger partial charge is 0.169 e. The fourth-order valence-electron chi connectivity index (χ4n) is 3.40. The topological polar surface area (TPSA) is 48.2 Å². The van der Waals surface area contributed by atoms with Gasteiger partial charge in [-0.05, 0) is 30.4 Å². The summed E-state index contributed by atoms with van der Waals surface area (Å²) in [5.74, 6) is 0. The van der Waals surface area contributed by atoms with Gasteiger partial charge < -0.3 is 9.79 Å². The summed E-state index contributed by atoms with van der Waals surface area (Å²) >= 11 is 0. The summed E-state index contributed by atoms with van der Waals surface area (Å²) in [5, 5.41) is 0. The highest BCUT2D eigenvalue weighted by molar-refractivity contribution is 7.45. The maximum absolute atomic E-state index is 8.88. The van der Waals surface area contributed by atoms with E-state index >= 15 is 0 Å². The predicted octanol–water partition coefficient (Wildman–Crippen LogP) is 4.76. The Morgan fingerprint density at radius 2 is 1.07 bits per heavy atom. The van der Waals surface area contributed by atoms with E-state index in [9.17, 15) is 0 Å². The SMILES string of the molecule is CCCCC[n+]1ccc(-c2cc[n+](CCCCCCCCP(O)O)cc2)cc1. The molecule has 0 fully saturated rings. The molecule has 2 N–H and O–H groups in total. The van der Waals surface area contributed by atoms with Gasteiger partial charge in [0.1, 0.15) is 13.1 Å². The Morgan fingerprint density at radius 3 is 1.54 bits per heavy atom. The molecule has 0 saturated heterocycles. The zero-order chi connectivity index (χ0) is 20.0. The van der Waals surface area contributed by atoms with Crippen molar-refractivity contribution in [2.75, 3.05) is 6.16 Å². The molecule has 0 bridgehead atoms. The second kappa shape index (κ2) is 13.8. The molecule has 4 nitrogen and oxygen atoms in total. The number of unbranched alkanes of at least 4 members (excludes halogenated alkanes) is 7. The average Bonchev–Trinajstić information content (AvgIpc) is 2.71. The molecular weight excluding hydrogens is 367 g/mol. The Kier molecular flexibility index (Phi) is 11.3. The third-order valence-corrected chi connectivity index (χ3v) is 5.88. The van der Waals surface area contributed by atoms with E-state index in [2.05, 4.69) is 65.1 Å². The standard InChI is InChI=1S/C23H37N2O2P/c1-2-3-8-15-24-17-11-22(12-18-24)23-13-19-25(20-14-23)16-9-6-4-5-7-10-21-28(26)27/h11-14,17-20,26-27H,2-10,15-16,21H2,1H3/q+2. The molecular formula is C23H37N2O2P+2. The molecule has 0 aliphatic rings. The molecule has 2 aromatic rings. The van der Waals surface area contributed by atoms with Gasteiger partial charge in [-0.25, -0.2) is 9.13 Å². The lowest BCUT2D eigenvalue weighted by molar-refractivity contribution is -0.697. The lowest BCUT2D eigenvalue weighted by Crippen LogP contribution is -2.33. The van der Waals surface area contributed by atoms with E-state index < -0.39 is 8.38 Å². The first kappa shape index (κ1) is 22.9. The maximum atomic E-state index is 8.88. The van der Waals surface area contributed by atoms with Crippen molar-refractivity contribution in [3.8, 4) is 11.1 Å². The van der Waals surface area contributed by atoms with Crippen LogP contribution >= 0.6 is 8.38 Å². The largest absolute Gasteiger partial charge is 0.350 e. The van der Waals surface area contributed by atoms with Gasteiger partial charge in [0.05, 0.1) is 0 Å². The predicted molar refractivity (Wildman–Crippen MR) is 116 cm³/mol. The van der Waals surface area contributed by atoms with Crippen LogP contribution in [0.25, 0.3) is 11.1 Å². The first-order valence-corrected chi connectivity index (χ1v) is 12.3. The molecule has 0 radical (unpaired) electrons. The Bertz CT molecular complexity index is 645.